The van der Waals surface area contributed by atoms with E-state index < -0.39 is 0 Å². The van der Waals surface area contributed by atoms with Gasteiger partial charge in [-0.05, 0) is 38.4 Å². The lowest BCUT2D eigenvalue weighted by Crippen LogP contribution is -2.47. The monoisotopic (exact) mass is 262 g/mol. The van der Waals surface area contributed by atoms with Gasteiger partial charge in [0.1, 0.15) is 0 Å². The van der Waals surface area contributed by atoms with Crippen LogP contribution in [0, 0.1) is 0 Å². The predicted octanol–water partition coefficient (Wildman–Crippen LogP) is 2.80. The molecular formula is C16H26N2O. The molecule has 1 heterocycles. The van der Waals surface area contributed by atoms with Crippen LogP contribution in [0.4, 0.5) is 5.69 Å². The zero-order valence-corrected chi connectivity index (χ0v) is 12.4. The second-order valence-corrected chi connectivity index (χ2v) is 5.45. The molecule has 2 rings (SSSR count). The Labute approximate surface area is 116 Å². The lowest BCUT2D eigenvalue weighted by atomic mass is 10.1. The number of ether oxygens (including phenoxy) is 1. The molecule has 0 aromatic heterocycles. The van der Waals surface area contributed by atoms with Crippen LogP contribution in [0.2, 0.25) is 0 Å². The number of morpholine rings is 1. The van der Waals surface area contributed by atoms with Crippen molar-refractivity contribution in [1.82, 2.24) is 5.32 Å². The molecular weight excluding hydrogens is 236 g/mol. The quantitative estimate of drug-likeness (QED) is 0.826. The Bertz CT molecular complexity index is 394. The largest absolute Gasteiger partial charge is 0.375 e. The third-order valence-corrected chi connectivity index (χ3v) is 3.65. The zero-order chi connectivity index (χ0) is 13.7. The van der Waals surface area contributed by atoms with E-state index in [2.05, 4.69) is 55.3 Å². The number of hydrogen-bond acceptors (Lipinski definition) is 3. The maximum atomic E-state index is 5.72. The Balaban J connectivity index is 2.13. The topological polar surface area (TPSA) is 24.5 Å². The van der Waals surface area contributed by atoms with E-state index in [-0.39, 0.29) is 0 Å². The summed E-state index contributed by atoms with van der Waals surface area (Å²) in [4.78, 5) is 2.48. The number of anilines is 1. The molecule has 0 spiro atoms. The van der Waals surface area contributed by atoms with Gasteiger partial charge < -0.3 is 15.0 Å². The summed E-state index contributed by atoms with van der Waals surface area (Å²) in [6, 6.07) is 9.16. The van der Waals surface area contributed by atoms with E-state index in [0.717, 1.165) is 26.2 Å². The average molecular weight is 262 g/mol. The third-order valence-electron chi connectivity index (χ3n) is 3.65. The van der Waals surface area contributed by atoms with Crippen molar-refractivity contribution >= 4 is 5.69 Å². The fourth-order valence-corrected chi connectivity index (χ4v) is 2.58. The molecule has 1 aromatic carbocycles. The van der Waals surface area contributed by atoms with E-state index in [1.54, 1.807) is 0 Å². The standard InChI is InChI=1S/C16H26N2O/c1-4-9-17-10-15-7-5-6-8-16(15)18-11-14(3)19-12-13(18)2/h5-8,13-14,17H,4,9-12H2,1-3H3. The molecule has 19 heavy (non-hydrogen) atoms. The molecule has 0 bridgehead atoms. The Morgan fingerprint density at radius 2 is 2.11 bits per heavy atom. The van der Waals surface area contributed by atoms with Crippen molar-refractivity contribution in [2.75, 3.05) is 24.6 Å². The summed E-state index contributed by atoms with van der Waals surface area (Å²) in [6.45, 7) is 10.4. The highest BCUT2D eigenvalue weighted by atomic mass is 16.5. The first kappa shape index (κ1) is 14.4. The van der Waals surface area contributed by atoms with Gasteiger partial charge in [0.15, 0.2) is 0 Å². The van der Waals surface area contributed by atoms with Crippen molar-refractivity contribution in [2.45, 2.75) is 45.9 Å². The summed E-state index contributed by atoms with van der Waals surface area (Å²) >= 11 is 0. The average Bonchev–Trinajstić information content (AvgIpc) is 2.42. The van der Waals surface area contributed by atoms with Crippen LogP contribution >= 0.6 is 0 Å². The van der Waals surface area contributed by atoms with Gasteiger partial charge in [0, 0.05) is 24.8 Å². The molecule has 0 amide bonds. The summed E-state index contributed by atoms with van der Waals surface area (Å²) in [5.41, 5.74) is 2.74. The second kappa shape index (κ2) is 6.92. The molecule has 1 aromatic rings. The first-order valence-corrected chi connectivity index (χ1v) is 7.39. The highest BCUT2D eigenvalue weighted by Gasteiger charge is 2.24. The maximum absolute atomic E-state index is 5.72. The number of para-hydroxylation sites is 1. The zero-order valence-electron chi connectivity index (χ0n) is 12.4. The van der Waals surface area contributed by atoms with Crippen LogP contribution in [0.3, 0.4) is 0 Å². The van der Waals surface area contributed by atoms with E-state index in [1.165, 1.54) is 17.7 Å². The second-order valence-electron chi connectivity index (χ2n) is 5.45. The third kappa shape index (κ3) is 3.71. The fraction of sp³-hybridized carbons (Fsp3) is 0.625. The van der Waals surface area contributed by atoms with Crippen molar-refractivity contribution in [1.29, 1.82) is 0 Å². The number of nitrogens with one attached hydrogen (secondary N) is 1. The van der Waals surface area contributed by atoms with Gasteiger partial charge in [0.25, 0.3) is 0 Å². The molecule has 2 unspecified atom stereocenters. The van der Waals surface area contributed by atoms with Crippen LogP contribution in [-0.2, 0) is 11.3 Å². The summed E-state index contributed by atoms with van der Waals surface area (Å²) in [6.07, 6.45) is 1.49. The van der Waals surface area contributed by atoms with Crippen LogP contribution in [0.1, 0.15) is 32.8 Å². The van der Waals surface area contributed by atoms with E-state index in [9.17, 15) is 0 Å². The molecule has 3 nitrogen and oxygen atoms in total. The van der Waals surface area contributed by atoms with Crippen LogP contribution < -0.4 is 10.2 Å². The minimum atomic E-state index is 0.313. The molecule has 1 fully saturated rings. The smallest absolute Gasteiger partial charge is 0.0723 e. The Morgan fingerprint density at radius 3 is 2.89 bits per heavy atom. The van der Waals surface area contributed by atoms with Crippen molar-refractivity contribution in [3.05, 3.63) is 29.8 Å². The van der Waals surface area contributed by atoms with Gasteiger partial charge in [-0.2, -0.15) is 0 Å². The van der Waals surface area contributed by atoms with E-state index in [0.29, 0.717) is 12.1 Å². The first-order chi connectivity index (χ1) is 9.22. The van der Waals surface area contributed by atoms with Crippen molar-refractivity contribution in [3.8, 4) is 0 Å². The van der Waals surface area contributed by atoms with Crippen molar-refractivity contribution in [3.63, 3.8) is 0 Å². The highest BCUT2D eigenvalue weighted by molar-refractivity contribution is 5.54. The van der Waals surface area contributed by atoms with Crippen LogP contribution in [-0.4, -0.2) is 31.8 Å². The minimum absolute atomic E-state index is 0.313. The van der Waals surface area contributed by atoms with Gasteiger partial charge in [0.05, 0.1) is 12.7 Å². The van der Waals surface area contributed by atoms with Crippen LogP contribution in [0.25, 0.3) is 0 Å². The number of nitrogens with zero attached hydrogens (tertiary/aromatic N) is 1. The highest BCUT2D eigenvalue weighted by Crippen LogP contribution is 2.25. The van der Waals surface area contributed by atoms with Gasteiger partial charge in [-0.1, -0.05) is 25.1 Å². The summed E-state index contributed by atoms with van der Waals surface area (Å²) < 4.78 is 5.72. The van der Waals surface area contributed by atoms with E-state index in [4.69, 9.17) is 4.74 Å². The Kier molecular flexibility index (Phi) is 5.23. The molecule has 1 aliphatic heterocycles. The number of benzene rings is 1. The summed E-state index contributed by atoms with van der Waals surface area (Å²) in [5, 5.41) is 3.50. The predicted molar refractivity (Wildman–Crippen MR) is 80.7 cm³/mol. The van der Waals surface area contributed by atoms with Gasteiger partial charge in [-0.15, -0.1) is 0 Å². The molecule has 0 saturated carbocycles. The van der Waals surface area contributed by atoms with Gasteiger partial charge in [0.2, 0.25) is 0 Å². The van der Waals surface area contributed by atoms with Crippen molar-refractivity contribution < 1.29 is 4.74 Å². The van der Waals surface area contributed by atoms with Crippen LogP contribution in [0.15, 0.2) is 24.3 Å². The molecule has 0 aliphatic carbocycles. The molecule has 1 saturated heterocycles. The fourth-order valence-electron chi connectivity index (χ4n) is 2.58. The van der Waals surface area contributed by atoms with Gasteiger partial charge in [-0.3, -0.25) is 0 Å². The number of hydrogen-bond donors (Lipinski definition) is 1. The molecule has 1 N–H and O–H groups in total. The SMILES string of the molecule is CCCNCc1ccccc1N1CC(C)OCC1C. The van der Waals surface area contributed by atoms with Crippen LogP contribution in [0.5, 0.6) is 0 Å². The Hall–Kier alpha value is -1.06. The molecule has 2 atom stereocenters. The lowest BCUT2D eigenvalue weighted by molar-refractivity contribution is 0.0343. The minimum Gasteiger partial charge on any atom is -0.375 e. The van der Waals surface area contributed by atoms with E-state index in [1.807, 2.05) is 0 Å². The van der Waals surface area contributed by atoms with Crippen molar-refractivity contribution in [2.24, 2.45) is 0 Å². The Morgan fingerprint density at radius 1 is 1.32 bits per heavy atom. The first-order valence-electron chi connectivity index (χ1n) is 7.39. The van der Waals surface area contributed by atoms with E-state index >= 15 is 0 Å². The molecule has 106 valence electrons. The maximum Gasteiger partial charge on any atom is 0.0723 e. The summed E-state index contributed by atoms with van der Waals surface area (Å²) in [7, 11) is 0. The lowest BCUT2D eigenvalue weighted by Gasteiger charge is -2.39. The summed E-state index contributed by atoms with van der Waals surface area (Å²) in [5.74, 6) is 0. The van der Waals surface area contributed by atoms with Gasteiger partial charge >= 0.3 is 0 Å². The number of rotatable bonds is 5. The molecule has 3 heteroatoms. The molecule has 0 radical (unpaired) electrons. The van der Waals surface area contributed by atoms with Gasteiger partial charge in [-0.25, -0.2) is 0 Å². The normalized spacial score (nSPS) is 23.6. The molecule has 1 aliphatic rings.